The number of rotatable bonds is 7. The highest BCUT2D eigenvalue weighted by molar-refractivity contribution is 7.09. The minimum Gasteiger partial charge on any atom is -0.480 e. The van der Waals surface area contributed by atoms with Crippen LogP contribution >= 0.6 is 11.3 Å². The molecule has 0 saturated heterocycles. The summed E-state index contributed by atoms with van der Waals surface area (Å²) >= 11 is 1.35. The van der Waals surface area contributed by atoms with Gasteiger partial charge in [0.1, 0.15) is 11.7 Å². The number of nitrogens with one attached hydrogen (secondary N) is 1. The molecule has 1 amide bonds. The molecule has 1 rings (SSSR count). The number of amides is 1. The summed E-state index contributed by atoms with van der Waals surface area (Å²) in [5.41, 5.74) is 5.65. The fourth-order valence-electron chi connectivity index (χ4n) is 1.43. The molecule has 18 heavy (non-hydrogen) atoms. The average Bonchev–Trinajstić information content (AvgIpc) is 2.77. The largest absolute Gasteiger partial charge is 0.480 e. The number of carbonyl (C=O) groups is 2. The maximum absolute atomic E-state index is 11.8. The van der Waals surface area contributed by atoms with Crippen LogP contribution in [0.2, 0.25) is 0 Å². The highest BCUT2D eigenvalue weighted by atomic mass is 32.1. The molecule has 0 radical (unpaired) electrons. The second-order valence-corrected chi connectivity index (χ2v) is 4.76. The molecule has 0 aromatic carbocycles. The molecule has 1 aromatic heterocycles. The first-order chi connectivity index (χ1) is 8.58. The van der Waals surface area contributed by atoms with E-state index in [1.54, 1.807) is 5.38 Å². The number of aliphatic carboxylic acids is 1. The predicted octanol–water partition coefficient (Wildman–Crippen LogP) is 0.627. The van der Waals surface area contributed by atoms with Crippen molar-refractivity contribution < 1.29 is 14.7 Å². The van der Waals surface area contributed by atoms with E-state index in [0.29, 0.717) is 25.8 Å². The van der Waals surface area contributed by atoms with Crippen LogP contribution in [0.4, 0.5) is 0 Å². The van der Waals surface area contributed by atoms with Crippen LogP contribution in [0.25, 0.3) is 0 Å². The summed E-state index contributed by atoms with van der Waals surface area (Å²) in [6, 6.07) is -0.859. The van der Waals surface area contributed by atoms with Gasteiger partial charge in [-0.2, -0.15) is 0 Å². The molecule has 4 N–H and O–H groups in total. The average molecular weight is 271 g/mol. The first kappa shape index (κ1) is 14.6. The van der Waals surface area contributed by atoms with Crippen LogP contribution < -0.4 is 11.1 Å². The van der Waals surface area contributed by atoms with E-state index in [2.05, 4.69) is 10.3 Å². The molecule has 0 fully saturated rings. The van der Waals surface area contributed by atoms with Gasteiger partial charge in [0.25, 0.3) is 5.91 Å². The lowest BCUT2D eigenvalue weighted by Gasteiger charge is -2.12. The Bertz CT molecular complexity index is 419. The Morgan fingerprint density at radius 3 is 2.89 bits per heavy atom. The number of thiazole rings is 1. The Kier molecular flexibility index (Phi) is 5.73. The topological polar surface area (TPSA) is 105 Å². The van der Waals surface area contributed by atoms with Crippen LogP contribution in [0.5, 0.6) is 0 Å². The van der Waals surface area contributed by atoms with E-state index in [1.165, 1.54) is 11.3 Å². The molecule has 1 aromatic rings. The number of carboxylic acid groups (broad SMARTS) is 1. The zero-order valence-electron chi connectivity index (χ0n) is 10.2. The molecule has 0 saturated carbocycles. The Morgan fingerprint density at radius 2 is 2.33 bits per heavy atom. The zero-order chi connectivity index (χ0) is 13.5. The van der Waals surface area contributed by atoms with Crippen molar-refractivity contribution in [3.63, 3.8) is 0 Å². The number of carboxylic acids is 1. The first-order valence-corrected chi connectivity index (χ1v) is 6.64. The fourth-order valence-corrected chi connectivity index (χ4v) is 2.23. The second-order valence-electron chi connectivity index (χ2n) is 3.82. The van der Waals surface area contributed by atoms with Gasteiger partial charge < -0.3 is 16.2 Å². The van der Waals surface area contributed by atoms with Crippen LogP contribution in [0.1, 0.15) is 35.3 Å². The van der Waals surface area contributed by atoms with Crippen molar-refractivity contribution in [1.29, 1.82) is 0 Å². The van der Waals surface area contributed by atoms with E-state index in [4.69, 9.17) is 10.8 Å². The van der Waals surface area contributed by atoms with Gasteiger partial charge in [-0.1, -0.05) is 13.3 Å². The maximum atomic E-state index is 11.8. The highest BCUT2D eigenvalue weighted by Crippen LogP contribution is 2.10. The van der Waals surface area contributed by atoms with Crippen LogP contribution in [0.3, 0.4) is 0 Å². The lowest BCUT2D eigenvalue weighted by atomic mass is 10.1. The summed E-state index contributed by atoms with van der Waals surface area (Å²) < 4.78 is 0. The third-order valence-corrected chi connectivity index (χ3v) is 3.23. The van der Waals surface area contributed by atoms with E-state index in [0.717, 1.165) is 5.01 Å². The Morgan fingerprint density at radius 1 is 1.61 bits per heavy atom. The van der Waals surface area contributed by atoms with Crippen LogP contribution in [0.15, 0.2) is 5.38 Å². The summed E-state index contributed by atoms with van der Waals surface area (Å²) in [4.78, 5) is 26.8. The molecule has 0 aliphatic heterocycles. The van der Waals surface area contributed by atoms with Crippen molar-refractivity contribution in [2.24, 2.45) is 5.73 Å². The number of hydrogen-bond acceptors (Lipinski definition) is 5. The molecule has 7 heteroatoms. The van der Waals surface area contributed by atoms with E-state index in [1.807, 2.05) is 6.92 Å². The number of hydrogen-bond donors (Lipinski definition) is 3. The molecule has 1 heterocycles. The van der Waals surface area contributed by atoms with Gasteiger partial charge in [0.15, 0.2) is 0 Å². The van der Waals surface area contributed by atoms with Crippen LogP contribution in [0, 0.1) is 0 Å². The lowest BCUT2D eigenvalue weighted by Crippen LogP contribution is -2.40. The standard InChI is InChI=1S/C11H17N3O3S/c1-2-3-7(11(16)17)14-10(15)8-6-18-9(13-8)4-5-12/h6-7H,2-5,12H2,1H3,(H,14,15)(H,16,17)/t7-/m1/s1. The monoisotopic (exact) mass is 271 g/mol. The second kappa shape index (κ2) is 7.07. The third-order valence-electron chi connectivity index (χ3n) is 2.32. The van der Waals surface area contributed by atoms with Gasteiger partial charge >= 0.3 is 5.97 Å². The summed E-state index contributed by atoms with van der Waals surface area (Å²) in [5.74, 6) is -1.47. The minimum atomic E-state index is -1.03. The third kappa shape index (κ3) is 4.08. The summed E-state index contributed by atoms with van der Waals surface area (Å²) in [7, 11) is 0. The quantitative estimate of drug-likeness (QED) is 0.674. The SMILES string of the molecule is CCC[C@@H](NC(=O)c1csc(CCN)n1)C(=O)O. The Hall–Kier alpha value is -1.47. The molecule has 0 unspecified atom stereocenters. The summed E-state index contributed by atoms with van der Waals surface area (Å²) in [5, 5.41) is 13.8. The van der Waals surface area contributed by atoms with Gasteiger partial charge in [-0.15, -0.1) is 11.3 Å². The maximum Gasteiger partial charge on any atom is 0.326 e. The predicted molar refractivity (Wildman–Crippen MR) is 68.7 cm³/mol. The van der Waals surface area contributed by atoms with Crippen LogP contribution in [-0.2, 0) is 11.2 Å². The van der Waals surface area contributed by atoms with E-state index < -0.39 is 17.9 Å². The number of aromatic nitrogens is 1. The molecule has 0 aliphatic carbocycles. The smallest absolute Gasteiger partial charge is 0.326 e. The molecule has 0 bridgehead atoms. The van der Waals surface area contributed by atoms with E-state index in [9.17, 15) is 9.59 Å². The van der Waals surface area contributed by atoms with Crippen molar-refractivity contribution in [3.05, 3.63) is 16.1 Å². The first-order valence-electron chi connectivity index (χ1n) is 5.76. The van der Waals surface area contributed by atoms with Gasteiger partial charge in [-0.05, 0) is 13.0 Å². The number of nitrogens with zero attached hydrogens (tertiary/aromatic N) is 1. The van der Waals surface area contributed by atoms with Gasteiger partial charge in [0.2, 0.25) is 0 Å². The molecular weight excluding hydrogens is 254 g/mol. The summed E-state index contributed by atoms with van der Waals surface area (Å²) in [6.45, 7) is 2.34. The molecule has 0 aliphatic rings. The molecule has 0 spiro atoms. The molecular formula is C11H17N3O3S. The van der Waals surface area contributed by atoms with Crippen molar-refractivity contribution in [3.8, 4) is 0 Å². The minimum absolute atomic E-state index is 0.255. The Labute approximate surface area is 109 Å². The van der Waals surface area contributed by atoms with Gasteiger partial charge in [-0.3, -0.25) is 4.79 Å². The zero-order valence-corrected chi connectivity index (χ0v) is 11.0. The van der Waals surface area contributed by atoms with Gasteiger partial charge in [0, 0.05) is 11.8 Å². The van der Waals surface area contributed by atoms with Crippen molar-refractivity contribution in [1.82, 2.24) is 10.3 Å². The number of carbonyl (C=O) groups excluding carboxylic acids is 1. The molecule has 6 nitrogen and oxygen atoms in total. The van der Waals surface area contributed by atoms with Crippen molar-refractivity contribution in [2.45, 2.75) is 32.2 Å². The molecule has 1 atom stereocenters. The molecule has 100 valence electrons. The van der Waals surface area contributed by atoms with Gasteiger partial charge in [0.05, 0.1) is 5.01 Å². The van der Waals surface area contributed by atoms with Gasteiger partial charge in [-0.25, -0.2) is 9.78 Å². The fraction of sp³-hybridized carbons (Fsp3) is 0.545. The van der Waals surface area contributed by atoms with Crippen LogP contribution in [-0.4, -0.2) is 34.6 Å². The van der Waals surface area contributed by atoms with Crippen molar-refractivity contribution >= 4 is 23.2 Å². The van der Waals surface area contributed by atoms with E-state index >= 15 is 0 Å². The number of nitrogens with two attached hydrogens (primary N) is 1. The van der Waals surface area contributed by atoms with E-state index in [-0.39, 0.29) is 5.69 Å². The normalized spacial score (nSPS) is 12.1. The van der Waals surface area contributed by atoms with Crippen molar-refractivity contribution in [2.75, 3.05) is 6.54 Å². The summed E-state index contributed by atoms with van der Waals surface area (Å²) in [6.07, 6.45) is 1.71. The Balaban J connectivity index is 2.64. The lowest BCUT2D eigenvalue weighted by molar-refractivity contribution is -0.139. The highest BCUT2D eigenvalue weighted by Gasteiger charge is 2.20.